The molecule has 2 amide bonds. The van der Waals surface area contributed by atoms with Crippen LogP contribution in [-0.4, -0.2) is 25.0 Å². The van der Waals surface area contributed by atoms with Crippen molar-refractivity contribution in [2.45, 2.75) is 39.0 Å². The summed E-state index contributed by atoms with van der Waals surface area (Å²) < 4.78 is 11.9. The van der Waals surface area contributed by atoms with Crippen LogP contribution >= 0.6 is 15.9 Å². The first kappa shape index (κ1) is 22.7. The second-order valence-electron chi connectivity index (χ2n) is 6.53. The Morgan fingerprint density at radius 1 is 0.828 bits per heavy atom. The molecule has 156 valence electrons. The van der Waals surface area contributed by atoms with Crippen LogP contribution in [0.3, 0.4) is 0 Å². The van der Waals surface area contributed by atoms with E-state index in [9.17, 15) is 9.59 Å². The van der Waals surface area contributed by atoms with Gasteiger partial charge in [0.15, 0.2) is 6.61 Å². The van der Waals surface area contributed by atoms with Crippen LogP contribution in [0.4, 0.5) is 0 Å². The number of nitrogens with one attached hydrogen (secondary N) is 2. The van der Waals surface area contributed by atoms with Crippen molar-refractivity contribution >= 4 is 27.7 Å². The third-order valence-electron chi connectivity index (χ3n) is 4.13. The first-order chi connectivity index (χ1) is 14.1. The summed E-state index contributed by atoms with van der Waals surface area (Å²) in [5.74, 6) is 0.428. The summed E-state index contributed by atoms with van der Waals surface area (Å²) in [6.07, 6.45) is 5.91. The lowest BCUT2D eigenvalue weighted by molar-refractivity contribution is -0.123. The van der Waals surface area contributed by atoms with Crippen LogP contribution in [0.1, 0.15) is 49.4 Å². The molecule has 2 rings (SSSR count). The van der Waals surface area contributed by atoms with Gasteiger partial charge in [-0.15, -0.1) is 0 Å². The molecule has 0 saturated heterocycles. The van der Waals surface area contributed by atoms with E-state index in [1.807, 2.05) is 12.1 Å². The van der Waals surface area contributed by atoms with Crippen molar-refractivity contribution < 1.29 is 19.1 Å². The second-order valence-corrected chi connectivity index (χ2v) is 7.45. The van der Waals surface area contributed by atoms with Gasteiger partial charge in [-0.25, -0.2) is 0 Å². The van der Waals surface area contributed by atoms with Gasteiger partial charge in [-0.3, -0.25) is 20.4 Å². The maximum Gasteiger partial charge on any atom is 0.276 e. The van der Waals surface area contributed by atoms with Crippen molar-refractivity contribution in [3.63, 3.8) is 0 Å². The third kappa shape index (κ3) is 9.00. The fraction of sp³-hybridized carbons (Fsp3) is 0.364. The molecule has 2 aromatic rings. The molecule has 29 heavy (non-hydrogen) atoms. The standard InChI is InChI=1S/C22H27BrN2O4/c1-2-3-4-5-6-15-28-19-11-7-17(8-12-19)22(27)25-24-21(26)16-29-20-13-9-18(23)10-14-20/h7-14H,2-6,15-16H2,1H3,(H,24,26)(H,25,27). The van der Waals surface area contributed by atoms with Gasteiger partial charge in [0.25, 0.3) is 11.8 Å². The van der Waals surface area contributed by atoms with E-state index in [1.165, 1.54) is 25.7 Å². The van der Waals surface area contributed by atoms with Crippen molar-refractivity contribution in [3.05, 3.63) is 58.6 Å². The van der Waals surface area contributed by atoms with E-state index in [2.05, 4.69) is 33.7 Å². The van der Waals surface area contributed by atoms with Crippen LogP contribution in [0.5, 0.6) is 11.5 Å². The molecule has 0 saturated carbocycles. The van der Waals surface area contributed by atoms with Crippen molar-refractivity contribution in [1.82, 2.24) is 10.9 Å². The van der Waals surface area contributed by atoms with Gasteiger partial charge in [-0.1, -0.05) is 48.5 Å². The quantitative estimate of drug-likeness (QED) is 0.376. The summed E-state index contributed by atoms with van der Waals surface area (Å²) in [5, 5.41) is 0. The van der Waals surface area contributed by atoms with Crippen LogP contribution in [0.2, 0.25) is 0 Å². The molecule has 7 heteroatoms. The van der Waals surface area contributed by atoms with Gasteiger partial charge >= 0.3 is 0 Å². The fourth-order valence-electron chi connectivity index (χ4n) is 2.51. The Morgan fingerprint density at radius 2 is 1.45 bits per heavy atom. The first-order valence-corrected chi connectivity index (χ1v) is 10.6. The highest BCUT2D eigenvalue weighted by atomic mass is 79.9. The molecule has 2 aromatic carbocycles. The number of unbranched alkanes of at least 4 members (excludes halogenated alkanes) is 4. The van der Waals surface area contributed by atoms with Gasteiger partial charge in [-0.2, -0.15) is 0 Å². The number of halogens is 1. The SMILES string of the molecule is CCCCCCCOc1ccc(C(=O)NNC(=O)COc2ccc(Br)cc2)cc1. The predicted molar refractivity (Wildman–Crippen MR) is 116 cm³/mol. The fourth-order valence-corrected chi connectivity index (χ4v) is 2.78. The molecule has 0 aromatic heterocycles. The Kier molecular flexibility index (Phi) is 10.1. The molecule has 2 N–H and O–H groups in total. The van der Waals surface area contributed by atoms with Gasteiger partial charge < -0.3 is 9.47 Å². The van der Waals surface area contributed by atoms with E-state index in [-0.39, 0.29) is 6.61 Å². The summed E-state index contributed by atoms with van der Waals surface area (Å²) in [5.41, 5.74) is 5.13. The number of ether oxygens (including phenoxy) is 2. The second kappa shape index (κ2) is 12.8. The van der Waals surface area contributed by atoms with Gasteiger partial charge in [0.05, 0.1) is 6.61 Å². The normalized spacial score (nSPS) is 10.3. The summed E-state index contributed by atoms with van der Waals surface area (Å²) in [4.78, 5) is 23.9. The Hall–Kier alpha value is -2.54. The summed E-state index contributed by atoms with van der Waals surface area (Å²) in [6, 6.07) is 13.9. The van der Waals surface area contributed by atoms with Crippen LogP contribution in [0.25, 0.3) is 0 Å². The largest absolute Gasteiger partial charge is 0.494 e. The number of rotatable bonds is 11. The minimum atomic E-state index is -0.454. The molecular formula is C22H27BrN2O4. The number of hydrogen-bond donors (Lipinski definition) is 2. The number of hydrogen-bond acceptors (Lipinski definition) is 4. The molecular weight excluding hydrogens is 436 g/mol. The zero-order valence-corrected chi connectivity index (χ0v) is 18.2. The van der Waals surface area contributed by atoms with Crippen molar-refractivity contribution in [2.24, 2.45) is 0 Å². The highest BCUT2D eigenvalue weighted by Gasteiger charge is 2.08. The topological polar surface area (TPSA) is 76.7 Å². The van der Waals surface area contributed by atoms with Crippen LogP contribution in [0, 0.1) is 0 Å². The highest BCUT2D eigenvalue weighted by Crippen LogP contribution is 2.16. The van der Waals surface area contributed by atoms with E-state index in [0.29, 0.717) is 17.9 Å². The lowest BCUT2D eigenvalue weighted by atomic mass is 10.2. The average molecular weight is 463 g/mol. The summed E-state index contributed by atoms with van der Waals surface area (Å²) in [6.45, 7) is 2.66. The van der Waals surface area contributed by atoms with E-state index < -0.39 is 11.8 Å². The molecule has 0 heterocycles. The van der Waals surface area contributed by atoms with Crippen molar-refractivity contribution in [1.29, 1.82) is 0 Å². The summed E-state index contributed by atoms with van der Waals surface area (Å²) >= 11 is 3.33. The minimum absolute atomic E-state index is 0.201. The zero-order chi connectivity index (χ0) is 20.9. The number of carbonyl (C=O) groups excluding carboxylic acids is 2. The molecule has 0 spiro atoms. The smallest absolute Gasteiger partial charge is 0.276 e. The number of benzene rings is 2. The lowest BCUT2D eigenvalue weighted by Crippen LogP contribution is -2.43. The monoisotopic (exact) mass is 462 g/mol. The highest BCUT2D eigenvalue weighted by molar-refractivity contribution is 9.10. The molecule has 0 radical (unpaired) electrons. The van der Waals surface area contributed by atoms with Crippen molar-refractivity contribution in [2.75, 3.05) is 13.2 Å². The van der Waals surface area contributed by atoms with E-state index >= 15 is 0 Å². The van der Waals surface area contributed by atoms with Gasteiger partial charge in [0, 0.05) is 10.0 Å². The molecule has 0 atom stereocenters. The maximum absolute atomic E-state index is 12.1. The number of amides is 2. The van der Waals surface area contributed by atoms with Gasteiger partial charge in [0.2, 0.25) is 0 Å². The third-order valence-corrected chi connectivity index (χ3v) is 4.66. The predicted octanol–water partition coefficient (Wildman–Crippen LogP) is 4.64. The van der Waals surface area contributed by atoms with Crippen LogP contribution < -0.4 is 20.3 Å². The summed E-state index contributed by atoms with van der Waals surface area (Å²) in [7, 11) is 0. The number of carbonyl (C=O) groups is 2. The Bertz CT molecular complexity index is 763. The number of hydrazine groups is 1. The molecule has 6 nitrogen and oxygen atoms in total. The van der Waals surface area contributed by atoms with Crippen LogP contribution in [0.15, 0.2) is 53.0 Å². The Balaban J connectivity index is 1.66. The van der Waals surface area contributed by atoms with E-state index in [0.717, 1.165) is 16.6 Å². The Morgan fingerprint density at radius 3 is 2.14 bits per heavy atom. The minimum Gasteiger partial charge on any atom is -0.494 e. The molecule has 0 aliphatic carbocycles. The average Bonchev–Trinajstić information content (AvgIpc) is 2.74. The zero-order valence-electron chi connectivity index (χ0n) is 16.6. The molecule has 0 bridgehead atoms. The van der Waals surface area contributed by atoms with E-state index in [4.69, 9.17) is 9.47 Å². The first-order valence-electron chi connectivity index (χ1n) is 9.79. The van der Waals surface area contributed by atoms with Crippen LogP contribution in [-0.2, 0) is 4.79 Å². The molecule has 0 unspecified atom stereocenters. The van der Waals surface area contributed by atoms with Crippen molar-refractivity contribution in [3.8, 4) is 11.5 Å². The van der Waals surface area contributed by atoms with Gasteiger partial charge in [0.1, 0.15) is 11.5 Å². The maximum atomic E-state index is 12.1. The lowest BCUT2D eigenvalue weighted by Gasteiger charge is -2.10. The van der Waals surface area contributed by atoms with E-state index in [1.54, 1.807) is 36.4 Å². The molecule has 0 aliphatic rings. The molecule has 0 fully saturated rings. The van der Waals surface area contributed by atoms with Gasteiger partial charge in [-0.05, 0) is 55.0 Å². The molecule has 0 aliphatic heterocycles. The Labute approximate surface area is 180 Å².